The van der Waals surface area contributed by atoms with Crippen LogP contribution < -0.4 is 0 Å². The first kappa shape index (κ1) is 13.6. The summed E-state index contributed by atoms with van der Waals surface area (Å²) in [4.78, 5) is 11.0. The van der Waals surface area contributed by atoms with Crippen molar-refractivity contribution in [2.45, 2.75) is 43.1 Å². The molecule has 0 radical (unpaired) electrons. The van der Waals surface area contributed by atoms with Crippen LogP contribution in [0.25, 0.3) is 0 Å². The van der Waals surface area contributed by atoms with E-state index >= 15 is 0 Å². The van der Waals surface area contributed by atoms with Crippen LogP contribution in [0.2, 0.25) is 0 Å². The van der Waals surface area contributed by atoms with Gasteiger partial charge in [0.05, 0.1) is 6.10 Å². The lowest BCUT2D eigenvalue weighted by Crippen LogP contribution is -2.34. The van der Waals surface area contributed by atoms with Crippen LogP contribution in [0.15, 0.2) is 0 Å². The number of carbonyl (C=O) groups is 1. The third kappa shape index (κ3) is 3.85. The molecule has 0 heterocycles. The Hall–Kier alpha value is -0.440. The third-order valence-corrected chi connectivity index (χ3v) is 2.75. The second kappa shape index (κ2) is 5.76. The van der Waals surface area contributed by atoms with Gasteiger partial charge in [-0.05, 0) is 25.7 Å². The van der Waals surface area contributed by atoms with Gasteiger partial charge in [-0.15, -0.1) is 0 Å². The second-order valence-corrected chi connectivity index (χ2v) is 4.34. The number of esters is 1. The topological polar surface area (TPSA) is 76.0 Å². The second-order valence-electron chi connectivity index (χ2n) is 3.51. The van der Waals surface area contributed by atoms with Gasteiger partial charge in [0.25, 0.3) is 0 Å². The van der Waals surface area contributed by atoms with Gasteiger partial charge in [-0.3, -0.25) is 0 Å². The molecule has 1 saturated carbocycles. The van der Waals surface area contributed by atoms with Crippen molar-refractivity contribution in [3.8, 4) is 0 Å². The predicted molar refractivity (Wildman–Crippen MR) is 50.6 cm³/mol. The Bertz CT molecular complexity index is 243. The Labute approximate surface area is 94.9 Å². The average molecular weight is 258 g/mol. The summed E-state index contributed by atoms with van der Waals surface area (Å²) in [6, 6.07) is 0. The van der Waals surface area contributed by atoms with Crippen LogP contribution in [0.4, 0.5) is 8.78 Å². The molecule has 0 aliphatic heterocycles. The normalized spacial score (nSPS) is 26.5. The highest BCUT2D eigenvalue weighted by Gasteiger charge is 2.45. The SMILES string of the molecule is O=C(OC1CCC(O)CC1)C(F)(F)SOO. The summed E-state index contributed by atoms with van der Waals surface area (Å²) < 4.78 is 33.3. The van der Waals surface area contributed by atoms with Gasteiger partial charge >= 0.3 is 11.2 Å². The maximum Gasteiger partial charge on any atom is 0.415 e. The molecule has 0 aromatic heterocycles. The van der Waals surface area contributed by atoms with Gasteiger partial charge in [0, 0.05) is 0 Å². The summed E-state index contributed by atoms with van der Waals surface area (Å²) in [5.41, 5.74) is 0. The Kier molecular flexibility index (Phi) is 4.90. The molecule has 8 heteroatoms. The highest BCUT2D eigenvalue weighted by Crippen LogP contribution is 2.32. The average Bonchev–Trinajstić information content (AvgIpc) is 2.21. The lowest BCUT2D eigenvalue weighted by molar-refractivity contribution is -0.172. The Morgan fingerprint density at radius 2 is 1.88 bits per heavy atom. The largest absolute Gasteiger partial charge is 0.457 e. The van der Waals surface area contributed by atoms with E-state index in [9.17, 15) is 13.6 Å². The minimum Gasteiger partial charge on any atom is -0.457 e. The highest BCUT2D eigenvalue weighted by atomic mass is 32.2. The number of aliphatic hydroxyl groups is 1. The molecule has 1 aliphatic rings. The summed E-state index contributed by atoms with van der Waals surface area (Å²) in [7, 11) is 0. The van der Waals surface area contributed by atoms with Crippen molar-refractivity contribution in [3.05, 3.63) is 0 Å². The van der Waals surface area contributed by atoms with Crippen LogP contribution in [-0.2, 0) is 13.9 Å². The van der Waals surface area contributed by atoms with Crippen molar-refractivity contribution >= 4 is 18.0 Å². The quantitative estimate of drug-likeness (QED) is 0.345. The van der Waals surface area contributed by atoms with Crippen molar-refractivity contribution in [2.75, 3.05) is 0 Å². The van der Waals surface area contributed by atoms with E-state index in [4.69, 9.17) is 10.4 Å². The van der Waals surface area contributed by atoms with Gasteiger partial charge in [0.2, 0.25) is 0 Å². The van der Waals surface area contributed by atoms with Gasteiger partial charge in [0.1, 0.15) is 18.1 Å². The van der Waals surface area contributed by atoms with Gasteiger partial charge in [-0.2, -0.15) is 13.1 Å². The highest BCUT2D eigenvalue weighted by molar-refractivity contribution is 7.96. The first-order valence-corrected chi connectivity index (χ1v) is 5.46. The molecule has 2 N–H and O–H groups in total. The van der Waals surface area contributed by atoms with E-state index in [0.717, 1.165) is 0 Å². The minimum absolute atomic E-state index is 0.355. The van der Waals surface area contributed by atoms with E-state index in [1.165, 1.54) is 0 Å². The summed E-state index contributed by atoms with van der Waals surface area (Å²) >= 11 is -0.671. The Balaban J connectivity index is 2.39. The fourth-order valence-electron chi connectivity index (χ4n) is 1.46. The molecule has 1 rings (SSSR count). The Morgan fingerprint density at radius 1 is 1.31 bits per heavy atom. The number of ether oxygens (including phenoxy) is 1. The molecule has 0 aromatic carbocycles. The van der Waals surface area contributed by atoms with E-state index in [1.54, 1.807) is 0 Å². The van der Waals surface area contributed by atoms with Crippen molar-refractivity contribution in [1.82, 2.24) is 0 Å². The number of halogens is 2. The van der Waals surface area contributed by atoms with Crippen LogP contribution in [-0.4, -0.2) is 33.8 Å². The van der Waals surface area contributed by atoms with Crippen LogP contribution >= 0.6 is 12.0 Å². The number of carbonyl (C=O) groups excluding carboxylic acids is 1. The maximum absolute atomic E-state index is 12.8. The van der Waals surface area contributed by atoms with Gasteiger partial charge in [-0.25, -0.2) is 10.1 Å². The minimum atomic E-state index is -3.93. The van der Waals surface area contributed by atoms with Crippen LogP contribution in [0.1, 0.15) is 25.7 Å². The van der Waals surface area contributed by atoms with E-state index < -0.39 is 35.5 Å². The first-order chi connectivity index (χ1) is 7.45. The number of alkyl halides is 2. The zero-order valence-corrected chi connectivity index (χ0v) is 9.08. The van der Waals surface area contributed by atoms with Gasteiger partial charge in [-0.1, -0.05) is 0 Å². The molecular weight excluding hydrogens is 246 g/mol. The molecule has 16 heavy (non-hydrogen) atoms. The lowest BCUT2D eigenvalue weighted by atomic mass is 9.95. The molecule has 0 aromatic rings. The predicted octanol–water partition coefficient (Wildman–Crippen LogP) is 1.56. The van der Waals surface area contributed by atoms with E-state index in [-0.39, 0.29) is 0 Å². The summed E-state index contributed by atoms with van der Waals surface area (Å²) in [5, 5.41) is 13.1. The molecule has 0 saturated heterocycles. The molecule has 0 unspecified atom stereocenters. The molecule has 0 amide bonds. The van der Waals surface area contributed by atoms with Crippen molar-refractivity contribution < 1.29 is 33.0 Å². The summed E-state index contributed by atoms with van der Waals surface area (Å²) in [6.07, 6.45) is 0.494. The van der Waals surface area contributed by atoms with Crippen LogP contribution in [0, 0.1) is 0 Å². The van der Waals surface area contributed by atoms with E-state index in [1.807, 2.05) is 0 Å². The molecule has 1 fully saturated rings. The zero-order chi connectivity index (χ0) is 12.2. The standard InChI is InChI=1S/C8H12F2O5S/c9-8(10,16-15-13)7(12)14-6-3-1-5(11)2-4-6/h5-6,11,13H,1-4H2. The van der Waals surface area contributed by atoms with Gasteiger partial charge in [0.15, 0.2) is 0 Å². The number of rotatable bonds is 4. The molecule has 1 aliphatic carbocycles. The van der Waals surface area contributed by atoms with E-state index in [0.29, 0.717) is 25.7 Å². The van der Waals surface area contributed by atoms with Crippen LogP contribution in [0.3, 0.4) is 0 Å². The first-order valence-electron chi connectivity index (χ1n) is 4.72. The number of hydrogen-bond donors (Lipinski definition) is 2. The molecule has 5 nitrogen and oxygen atoms in total. The van der Waals surface area contributed by atoms with Crippen LogP contribution in [0.5, 0.6) is 0 Å². The lowest BCUT2D eigenvalue weighted by Gasteiger charge is -2.26. The fourth-order valence-corrected chi connectivity index (χ4v) is 1.67. The summed E-state index contributed by atoms with van der Waals surface area (Å²) in [6.45, 7) is 0. The smallest absolute Gasteiger partial charge is 0.415 e. The van der Waals surface area contributed by atoms with Gasteiger partial charge < -0.3 is 9.84 Å². The molecule has 0 bridgehead atoms. The molecule has 94 valence electrons. The fraction of sp³-hybridized carbons (Fsp3) is 0.875. The van der Waals surface area contributed by atoms with Crippen molar-refractivity contribution in [2.24, 2.45) is 0 Å². The Morgan fingerprint density at radius 3 is 2.38 bits per heavy atom. The number of aliphatic hydroxyl groups excluding tert-OH is 1. The third-order valence-electron chi connectivity index (χ3n) is 2.30. The van der Waals surface area contributed by atoms with E-state index in [2.05, 4.69) is 9.07 Å². The molecule has 0 atom stereocenters. The monoisotopic (exact) mass is 258 g/mol. The zero-order valence-electron chi connectivity index (χ0n) is 8.27. The maximum atomic E-state index is 12.8. The summed E-state index contributed by atoms with van der Waals surface area (Å²) in [5.74, 6) is -1.74. The molecule has 0 spiro atoms. The molecular formula is C8H12F2O5S. The van der Waals surface area contributed by atoms with Crippen molar-refractivity contribution in [1.29, 1.82) is 0 Å². The van der Waals surface area contributed by atoms with Crippen molar-refractivity contribution in [3.63, 3.8) is 0 Å². The number of hydrogen-bond acceptors (Lipinski definition) is 6.